The molecule has 1 amide bonds. The molecule has 0 fully saturated rings. The molecule has 5 nitrogen and oxygen atoms in total. The van der Waals surface area contributed by atoms with Gasteiger partial charge >= 0.3 is 5.69 Å². The van der Waals surface area contributed by atoms with Crippen LogP contribution in [0.3, 0.4) is 0 Å². The van der Waals surface area contributed by atoms with Gasteiger partial charge in [0.1, 0.15) is 10.6 Å². The van der Waals surface area contributed by atoms with Crippen molar-refractivity contribution in [3.63, 3.8) is 0 Å². The highest BCUT2D eigenvalue weighted by molar-refractivity contribution is 6.33. The third kappa shape index (κ3) is 2.74. The summed E-state index contributed by atoms with van der Waals surface area (Å²) in [6.45, 7) is 4.63. The first-order valence-electron chi connectivity index (χ1n) is 5.25. The van der Waals surface area contributed by atoms with E-state index in [4.69, 9.17) is 11.6 Å². The summed E-state index contributed by atoms with van der Waals surface area (Å²) < 4.78 is 0. The molecule has 0 aliphatic carbocycles. The van der Waals surface area contributed by atoms with Crippen LogP contribution in [0.15, 0.2) is 18.2 Å². The molecule has 0 atom stereocenters. The van der Waals surface area contributed by atoms with Crippen molar-refractivity contribution in [2.24, 2.45) is 0 Å². The van der Waals surface area contributed by atoms with Gasteiger partial charge < -0.3 is 4.90 Å². The number of carbonyl (C=O) groups is 1. The van der Waals surface area contributed by atoms with E-state index in [9.17, 15) is 14.9 Å². The molecule has 0 saturated carbocycles. The van der Waals surface area contributed by atoms with Gasteiger partial charge in [-0.1, -0.05) is 17.7 Å². The van der Waals surface area contributed by atoms with Crippen LogP contribution >= 0.6 is 11.6 Å². The minimum Gasteiger partial charge on any atom is -0.339 e. The quantitative estimate of drug-likeness (QED) is 0.615. The minimum atomic E-state index is -0.626. The molecule has 0 aliphatic heterocycles. The van der Waals surface area contributed by atoms with E-state index in [0.29, 0.717) is 13.1 Å². The van der Waals surface area contributed by atoms with Crippen molar-refractivity contribution >= 4 is 23.2 Å². The predicted molar refractivity (Wildman–Crippen MR) is 65.4 cm³/mol. The molecular weight excluding hydrogens is 244 g/mol. The molecule has 0 bridgehead atoms. The second-order valence-electron chi connectivity index (χ2n) is 3.37. The van der Waals surface area contributed by atoms with Crippen LogP contribution in [0, 0.1) is 10.1 Å². The molecule has 0 spiro atoms. The first-order chi connectivity index (χ1) is 8.02. The number of para-hydroxylation sites is 1. The summed E-state index contributed by atoms with van der Waals surface area (Å²) in [7, 11) is 0. The number of halogens is 1. The number of benzene rings is 1. The fraction of sp³-hybridized carbons (Fsp3) is 0.364. The van der Waals surface area contributed by atoms with Crippen LogP contribution in [-0.2, 0) is 0 Å². The van der Waals surface area contributed by atoms with Crippen LogP contribution in [-0.4, -0.2) is 28.8 Å². The van der Waals surface area contributed by atoms with E-state index in [0.717, 1.165) is 0 Å². The van der Waals surface area contributed by atoms with Crippen LogP contribution in [0.25, 0.3) is 0 Å². The van der Waals surface area contributed by atoms with Crippen molar-refractivity contribution in [3.05, 3.63) is 38.9 Å². The number of amides is 1. The molecule has 1 aromatic carbocycles. The van der Waals surface area contributed by atoms with Crippen LogP contribution in [0.2, 0.25) is 5.02 Å². The average Bonchev–Trinajstić information content (AvgIpc) is 2.29. The Labute approximate surface area is 104 Å². The maximum atomic E-state index is 12.0. The van der Waals surface area contributed by atoms with Crippen LogP contribution in [0.4, 0.5) is 5.69 Å². The average molecular weight is 257 g/mol. The molecule has 0 radical (unpaired) electrons. The topological polar surface area (TPSA) is 63.5 Å². The summed E-state index contributed by atoms with van der Waals surface area (Å²) in [4.78, 5) is 23.8. The zero-order chi connectivity index (χ0) is 13.0. The number of hydrogen-bond donors (Lipinski definition) is 0. The van der Waals surface area contributed by atoms with Crippen LogP contribution in [0.1, 0.15) is 24.2 Å². The van der Waals surface area contributed by atoms with Gasteiger partial charge in [-0.2, -0.15) is 0 Å². The van der Waals surface area contributed by atoms with E-state index in [1.54, 1.807) is 0 Å². The number of nitrogens with zero attached hydrogens (tertiary/aromatic N) is 2. The molecule has 6 heteroatoms. The van der Waals surface area contributed by atoms with Gasteiger partial charge in [0.25, 0.3) is 5.91 Å². The molecule has 17 heavy (non-hydrogen) atoms. The number of hydrogen-bond acceptors (Lipinski definition) is 3. The molecule has 0 aliphatic rings. The SMILES string of the molecule is CCN(CC)C(=O)c1cccc(Cl)c1[N+](=O)[O-]. The van der Waals surface area contributed by atoms with Gasteiger partial charge in [-0.15, -0.1) is 0 Å². The lowest BCUT2D eigenvalue weighted by Gasteiger charge is -2.18. The fourth-order valence-corrected chi connectivity index (χ4v) is 1.80. The zero-order valence-electron chi connectivity index (χ0n) is 9.64. The van der Waals surface area contributed by atoms with Crippen molar-refractivity contribution in [1.29, 1.82) is 0 Å². The van der Waals surface area contributed by atoms with Gasteiger partial charge in [0, 0.05) is 13.1 Å². The monoisotopic (exact) mass is 256 g/mol. The van der Waals surface area contributed by atoms with Crippen molar-refractivity contribution in [2.75, 3.05) is 13.1 Å². The molecule has 1 rings (SSSR count). The minimum absolute atomic E-state index is 0.0204. The Morgan fingerprint density at radius 1 is 1.41 bits per heavy atom. The molecule has 1 aromatic rings. The summed E-state index contributed by atoms with van der Waals surface area (Å²) in [5.74, 6) is -0.371. The Balaban J connectivity index is 3.26. The van der Waals surface area contributed by atoms with Gasteiger partial charge in [0.05, 0.1) is 4.92 Å². The van der Waals surface area contributed by atoms with Crippen molar-refractivity contribution in [1.82, 2.24) is 4.90 Å². The Morgan fingerprint density at radius 3 is 2.47 bits per heavy atom. The third-order valence-corrected chi connectivity index (χ3v) is 2.76. The molecule has 0 saturated heterocycles. The van der Waals surface area contributed by atoms with Gasteiger partial charge in [0.15, 0.2) is 0 Å². The lowest BCUT2D eigenvalue weighted by Crippen LogP contribution is -2.31. The number of nitro benzene ring substituents is 1. The van der Waals surface area contributed by atoms with E-state index in [1.165, 1.54) is 23.1 Å². The molecule has 0 heterocycles. The summed E-state index contributed by atoms with van der Waals surface area (Å²) in [5, 5.41) is 10.9. The largest absolute Gasteiger partial charge is 0.339 e. The van der Waals surface area contributed by atoms with Crippen molar-refractivity contribution in [2.45, 2.75) is 13.8 Å². The Kier molecular flexibility index (Phi) is 4.45. The second kappa shape index (κ2) is 5.63. The highest BCUT2D eigenvalue weighted by Crippen LogP contribution is 2.28. The number of carbonyl (C=O) groups excluding carboxylic acids is 1. The second-order valence-corrected chi connectivity index (χ2v) is 3.78. The normalized spacial score (nSPS) is 10.1. The van der Waals surface area contributed by atoms with Gasteiger partial charge in [0.2, 0.25) is 0 Å². The van der Waals surface area contributed by atoms with Crippen molar-refractivity contribution < 1.29 is 9.72 Å². The van der Waals surface area contributed by atoms with Crippen LogP contribution in [0.5, 0.6) is 0 Å². The lowest BCUT2D eigenvalue weighted by molar-refractivity contribution is -0.385. The molecule has 0 aromatic heterocycles. The first-order valence-corrected chi connectivity index (χ1v) is 5.62. The summed E-state index contributed by atoms with van der Waals surface area (Å²) in [6, 6.07) is 4.36. The Bertz CT molecular complexity index is 444. The molecular formula is C11H13ClN2O3. The predicted octanol–water partition coefficient (Wildman–Crippen LogP) is 2.73. The van der Waals surface area contributed by atoms with Gasteiger partial charge in [-0.25, -0.2) is 0 Å². The Morgan fingerprint density at radius 2 is 2.00 bits per heavy atom. The van der Waals surface area contributed by atoms with Crippen LogP contribution < -0.4 is 0 Å². The van der Waals surface area contributed by atoms with Gasteiger partial charge in [-0.3, -0.25) is 14.9 Å². The van der Waals surface area contributed by atoms with E-state index in [-0.39, 0.29) is 22.2 Å². The maximum absolute atomic E-state index is 12.0. The third-order valence-electron chi connectivity index (χ3n) is 2.45. The zero-order valence-corrected chi connectivity index (χ0v) is 10.4. The maximum Gasteiger partial charge on any atom is 0.300 e. The van der Waals surface area contributed by atoms with E-state index < -0.39 is 4.92 Å². The smallest absolute Gasteiger partial charge is 0.300 e. The highest BCUT2D eigenvalue weighted by atomic mass is 35.5. The summed E-state index contributed by atoms with van der Waals surface area (Å²) >= 11 is 5.75. The summed E-state index contributed by atoms with van der Waals surface area (Å²) in [6.07, 6.45) is 0. The Hall–Kier alpha value is -1.62. The van der Waals surface area contributed by atoms with E-state index in [1.807, 2.05) is 13.8 Å². The molecule has 0 unspecified atom stereocenters. The first kappa shape index (κ1) is 13.4. The molecule has 92 valence electrons. The fourth-order valence-electron chi connectivity index (χ4n) is 1.55. The lowest BCUT2D eigenvalue weighted by atomic mass is 10.1. The van der Waals surface area contributed by atoms with Crippen molar-refractivity contribution in [3.8, 4) is 0 Å². The standard InChI is InChI=1S/C11H13ClN2O3/c1-3-13(4-2)11(15)8-6-5-7-9(12)10(8)14(16)17/h5-7H,3-4H2,1-2H3. The number of nitro groups is 1. The number of rotatable bonds is 4. The van der Waals surface area contributed by atoms with E-state index in [2.05, 4.69) is 0 Å². The van der Waals surface area contributed by atoms with E-state index >= 15 is 0 Å². The summed E-state index contributed by atoms with van der Waals surface area (Å²) in [5.41, 5.74) is -0.294. The highest BCUT2D eigenvalue weighted by Gasteiger charge is 2.25. The van der Waals surface area contributed by atoms with Gasteiger partial charge in [-0.05, 0) is 26.0 Å². The molecule has 0 N–H and O–H groups in total.